The molecule has 10 nitrogen and oxygen atoms in total. The van der Waals surface area contributed by atoms with E-state index >= 15 is 0 Å². The van der Waals surface area contributed by atoms with Crippen molar-refractivity contribution in [2.45, 2.75) is 58.2 Å². The fourth-order valence-corrected chi connectivity index (χ4v) is 3.97. The molecule has 0 radical (unpaired) electrons. The number of nitriles is 1. The van der Waals surface area contributed by atoms with E-state index < -0.39 is 23.4 Å². The Bertz CT molecular complexity index is 1200. The monoisotopic (exact) mass is 438 g/mol. The van der Waals surface area contributed by atoms with E-state index in [9.17, 15) is 24.8 Å². The zero-order chi connectivity index (χ0) is 23.0. The molecule has 4 rings (SSSR count). The Morgan fingerprint density at radius 3 is 2.78 bits per heavy atom. The minimum atomic E-state index is -0.717. The largest absolute Gasteiger partial charge is 0.494 e. The molecule has 0 spiro atoms. The van der Waals surface area contributed by atoms with E-state index in [2.05, 4.69) is 16.5 Å². The Labute approximate surface area is 184 Å². The first-order valence-corrected chi connectivity index (χ1v) is 10.8. The number of nitrogens with one attached hydrogen (secondary N) is 1. The highest BCUT2D eigenvalue weighted by molar-refractivity contribution is 5.97. The van der Waals surface area contributed by atoms with E-state index in [4.69, 9.17) is 0 Å². The van der Waals surface area contributed by atoms with Crippen molar-refractivity contribution in [1.82, 2.24) is 24.4 Å². The number of hydrogen-bond acceptors (Lipinski definition) is 6. The molecule has 2 aromatic heterocycles. The Morgan fingerprint density at radius 1 is 1.38 bits per heavy atom. The quantitative estimate of drug-likeness (QED) is 0.653. The number of aromatic hydroxyl groups is 1. The maximum absolute atomic E-state index is 13.0. The highest BCUT2D eigenvalue weighted by atomic mass is 16.3. The van der Waals surface area contributed by atoms with Gasteiger partial charge in [0.05, 0.1) is 12.3 Å². The first-order valence-electron chi connectivity index (χ1n) is 10.8. The van der Waals surface area contributed by atoms with Crippen LogP contribution in [-0.4, -0.2) is 54.6 Å². The third-order valence-electron chi connectivity index (χ3n) is 5.69. The molecule has 2 fully saturated rings. The van der Waals surface area contributed by atoms with Crippen LogP contribution in [0.4, 0.5) is 0 Å². The van der Waals surface area contributed by atoms with Gasteiger partial charge in [0.15, 0.2) is 5.56 Å². The van der Waals surface area contributed by atoms with Crippen LogP contribution in [0.25, 0.3) is 11.7 Å². The number of carbonyl (C=O) groups is 2. The normalized spacial score (nSPS) is 18.6. The van der Waals surface area contributed by atoms with Crippen LogP contribution in [0, 0.1) is 17.2 Å². The van der Waals surface area contributed by atoms with E-state index in [0.717, 1.165) is 23.8 Å². The van der Waals surface area contributed by atoms with Gasteiger partial charge in [-0.2, -0.15) is 14.9 Å². The van der Waals surface area contributed by atoms with Crippen molar-refractivity contribution in [2.75, 3.05) is 6.54 Å². The Kier molecular flexibility index (Phi) is 5.74. The predicted octanol–water partition coefficient (Wildman–Crippen LogP) is 1.28. The van der Waals surface area contributed by atoms with E-state index in [1.165, 1.54) is 27.8 Å². The maximum atomic E-state index is 13.0. The van der Waals surface area contributed by atoms with Gasteiger partial charge >= 0.3 is 0 Å². The van der Waals surface area contributed by atoms with Crippen molar-refractivity contribution in [3.05, 3.63) is 33.8 Å². The molecule has 0 aromatic carbocycles. The van der Waals surface area contributed by atoms with Gasteiger partial charge in [-0.1, -0.05) is 13.8 Å². The van der Waals surface area contributed by atoms with Gasteiger partial charge in [0, 0.05) is 30.8 Å². The van der Waals surface area contributed by atoms with Crippen LogP contribution in [-0.2, 0) is 11.3 Å². The average molecular weight is 438 g/mol. The van der Waals surface area contributed by atoms with E-state index in [1.807, 2.05) is 13.8 Å². The van der Waals surface area contributed by atoms with Gasteiger partial charge in [-0.25, -0.2) is 0 Å². The summed E-state index contributed by atoms with van der Waals surface area (Å²) in [4.78, 5) is 39.7. The topological polar surface area (TPSA) is 133 Å². The summed E-state index contributed by atoms with van der Waals surface area (Å²) < 4.78 is 2.57. The van der Waals surface area contributed by atoms with Crippen LogP contribution in [0.3, 0.4) is 0 Å². The number of carbonyl (C=O) groups excluding carboxylic acids is 2. The molecular weight excluding hydrogens is 412 g/mol. The third kappa shape index (κ3) is 3.98. The highest BCUT2D eigenvalue weighted by Gasteiger charge is 2.30. The number of hydrogen-bond donors (Lipinski definition) is 2. The molecule has 2 N–H and O–H groups in total. The number of nitrogens with zero attached hydrogens (tertiary/aromatic N) is 5. The molecule has 1 unspecified atom stereocenters. The molecule has 168 valence electrons. The van der Waals surface area contributed by atoms with E-state index in [0.29, 0.717) is 30.7 Å². The summed E-state index contributed by atoms with van der Waals surface area (Å²) in [6.07, 6.45) is 7.43. The van der Waals surface area contributed by atoms with Gasteiger partial charge in [-0.05, 0) is 37.7 Å². The molecule has 1 aliphatic carbocycles. The van der Waals surface area contributed by atoms with Crippen molar-refractivity contribution < 1.29 is 14.7 Å². The van der Waals surface area contributed by atoms with Crippen LogP contribution in [0.2, 0.25) is 0 Å². The van der Waals surface area contributed by atoms with Crippen molar-refractivity contribution in [2.24, 2.45) is 5.92 Å². The zero-order valence-corrected chi connectivity index (χ0v) is 18.1. The van der Waals surface area contributed by atoms with E-state index in [-0.39, 0.29) is 23.4 Å². The number of aromatic nitrogens is 3. The predicted molar refractivity (Wildman–Crippen MR) is 116 cm³/mol. The molecule has 0 bridgehead atoms. The number of amides is 2. The summed E-state index contributed by atoms with van der Waals surface area (Å²) in [6, 6.07) is 1.73. The second-order valence-electron chi connectivity index (χ2n) is 8.74. The van der Waals surface area contributed by atoms with Crippen LogP contribution >= 0.6 is 0 Å². The van der Waals surface area contributed by atoms with Gasteiger partial charge in [-0.15, -0.1) is 0 Å². The lowest BCUT2D eigenvalue weighted by Gasteiger charge is -2.18. The second kappa shape index (κ2) is 8.49. The summed E-state index contributed by atoms with van der Waals surface area (Å²) in [5.74, 6) is -1.23. The molecule has 2 amide bonds. The molecule has 2 aromatic rings. The first kappa shape index (κ1) is 21.6. The summed E-state index contributed by atoms with van der Waals surface area (Å²) in [6.45, 7) is 4.75. The first-order chi connectivity index (χ1) is 15.3. The molecule has 1 aliphatic heterocycles. The zero-order valence-electron chi connectivity index (χ0n) is 18.1. The van der Waals surface area contributed by atoms with Crippen LogP contribution in [0.5, 0.6) is 5.88 Å². The summed E-state index contributed by atoms with van der Waals surface area (Å²) in [5, 5.41) is 27.0. The van der Waals surface area contributed by atoms with Gasteiger partial charge in [0.25, 0.3) is 11.5 Å². The van der Waals surface area contributed by atoms with Crippen molar-refractivity contribution >= 4 is 23.5 Å². The molecule has 3 heterocycles. The van der Waals surface area contributed by atoms with Gasteiger partial charge in [0.1, 0.15) is 11.7 Å². The number of likely N-dealkylation sites (tertiary alicyclic amines) is 1. The Hall–Kier alpha value is -3.61. The van der Waals surface area contributed by atoms with Gasteiger partial charge < -0.3 is 15.3 Å². The van der Waals surface area contributed by atoms with Crippen LogP contribution in [0.15, 0.2) is 17.1 Å². The molecule has 1 atom stereocenters. The van der Waals surface area contributed by atoms with E-state index in [1.54, 1.807) is 0 Å². The SMILES string of the molecule is CC(C)Cn1c(O)c(C(=O)NC2CC2)c(=O)n2ncc(C=CC(=O)N3CCCC3C#N)c12. The van der Waals surface area contributed by atoms with Crippen LogP contribution < -0.4 is 10.9 Å². The lowest BCUT2D eigenvalue weighted by atomic mass is 10.2. The van der Waals surface area contributed by atoms with Crippen LogP contribution in [0.1, 0.15) is 55.5 Å². The van der Waals surface area contributed by atoms with Crippen molar-refractivity contribution in [3.8, 4) is 11.9 Å². The average Bonchev–Trinajstić information content (AvgIpc) is 3.26. The Morgan fingerprint density at radius 2 is 2.12 bits per heavy atom. The molecule has 10 heteroatoms. The minimum Gasteiger partial charge on any atom is -0.494 e. The second-order valence-corrected chi connectivity index (χ2v) is 8.74. The third-order valence-corrected chi connectivity index (χ3v) is 5.69. The molecule has 32 heavy (non-hydrogen) atoms. The molecule has 2 aliphatic rings. The molecular formula is C22H26N6O4. The summed E-state index contributed by atoms with van der Waals surface area (Å²) >= 11 is 0. The van der Waals surface area contributed by atoms with Gasteiger partial charge in [0.2, 0.25) is 11.8 Å². The summed E-state index contributed by atoms with van der Waals surface area (Å²) in [5.41, 5.74) is -0.306. The van der Waals surface area contributed by atoms with Gasteiger partial charge in [-0.3, -0.25) is 19.0 Å². The lowest BCUT2D eigenvalue weighted by molar-refractivity contribution is -0.125. The number of fused-ring (bicyclic) bond motifs is 1. The van der Waals surface area contributed by atoms with Crippen molar-refractivity contribution in [1.29, 1.82) is 5.26 Å². The number of rotatable bonds is 6. The molecule has 1 saturated carbocycles. The lowest BCUT2D eigenvalue weighted by Crippen LogP contribution is -2.34. The fourth-order valence-electron chi connectivity index (χ4n) is 3.97. The molecule has 1 saturated heterocycles. The minimum absolute atomic E-state index is 0.0282. The smallest absolute Gasteiger partial charge is 0.291 e. The Balaban J connectivity index is 1.76. The fraction of sp³-hybridized carbons (Fsp3) is 0.500. The highest BCUT2D eigenvalue weighted by Crippen LogP contribution is 2.25. The maximum Gasteiger partial charge on any atom is 0.291 e. The standard InChI is InChI=1S/C22H26N6O4/c1-13(2)12-27-20-14(5-8-17(29)26-9-3-4-16(26)10-23)11-24-28(20)22(32)18(21(27)31)19(30)25-15-6-7-15/h5,8,11,13,15-16,31H,3-4,6-7,9,12H2,1-2H3,(H,25,30). The summed E-state index contributed by atoms with van der Waals surface area (Å²) in [7, 11) is 0. The van der Waals surface area contributed by atoms with Crippen molar-refractivity contribution in [3.63, 3.8) is 0 Å².